The third-order valence-corrected chi connectivity index (χ3v) is 7.00. The van der Waals surface area contributed by atoms with Crippen LogP contribution in [-0.2, 0) is 19.9 Å². The van der Waals surface area contributed by atoms with Gasteiger partial charge in [0.2, 0.25) is 5.91 Å². The summed E-state index contributed by atoms with van der Waals surface area (Å²) in [6, 6.07) is 8.05. The number of benzene rings is 1. The van der Waals surface area contributed by atoms with Crippen molar-refractivity contribution < 1.29 is 23.5 Å². The van der Waals surface area contributed by atoms with Crippen molar-refractivity contribution in [3.63, 3.8) is 0 Å². The minimum atomic E-state index is -1.18. The van der Waals surface area contributed by atoms with E-state index in [0.717, 1.165) is 10.9 Å². The Hall–Kier alpha value is -3.46. The number of methoxy groups -OCH3 is 1. The van der Waals surface area contributed by atoms with E-state index in [-0.39, 0.29) is 41.8 Å². The molecule has 2 amide bonds. The summed E-state index contributed by atoms with van der Waals surface area (Å²) in [5.74, 6) is -1.77. The summed E-state index contributed by atoms with van der Waals surface area (Å²) in [6.45, 7) is 9.62. The maximum atomic E-state index is 14.2. The molecular weight excluding hydrogens is 499 g/mol. The monoisotopic (exact) mass is 528 g/mol. The normalized spacial score (nSPS) is 15.8. The largest absolute Gasteiger partial charge is 0.468 e. The minimum absolute atomic E-state index is 0.0400. The highest BCUT2D eigenvalue weighted by atomic mass is 35.5. The molecule has 37 heavy (non-hydrogen) atoms. The van der Waals surface area contributed by atoms with Gasteiger partial charge in [-0.15, -0.1) is 0 Å². The van der Waals surface area contributed by atoms with Crippen LogP contribution in [0.3, 0.4) is 0 Å². The van der Waals surface area contributed by atoms with Crippen LogP contribution in [0.4, 0.5) is 4.39 Å². The lowest BCUT2D eigenvalue weighted by Crippen LogP contribution is -2.65. The second-order valence-electron chi connectivity index (χ2n) is 10.6. The van der Waals surface area contributed by atoms with E-state index in [1.165, 1.54) is 29.0 Å². The summed E-state index contributed by atoms with van der Waals surface area (Å²) in [5.41, 5.74) is 0.593. The number of carbonyl (C=O) groups is 3. The first-order valence-corrected chi connectivity index (χ1v) is 12.3. The third-order valence-electron chi connectivity index (χ3n) is 6.70. The van der Waals surface area contributed by atoms with E-state index in [9.17, 15) is 18.8 Å². The van der Waals surface area contributed by atoms with Gasteiger partial charge in [-0.1, -0.05) is 17.7 Å². The van der Waals surface area contributed by atoms with Gasteiger partial charge in [-0.25, -0.2) is 9.37 Å². The van der Waals surface area contributed by atoms with Crippen LogP contribution in [0, 0.1) is 5.82 Å². The standard InChI is InChI=1S/C27H30ClFN4O4/c1-26(2,3)33-14-18(16-7-9-19(28)20(29)13-16)17-8-10-21(30-23(17)33)24(35)32-12-11-31(15-22(34)37-6)25(36)27(32,4)5/h7-10,13-14H,11-12,15H2,1-6H3. The van der Waals surface area contributed by atoms with E-state index < -0.39 is 23.2 Å². The molecular formula is C27H30ClFN4O4. The van der Waals surface area contributed by atoms with Crippen LogP contribution in [0.25, 0.3) is 22.2 Å². The van der Waals surface area contributed by atoms with E-state index in [1.54, 1.807) is 32.0 Å². The molecule has 8 nitrogen and oxygen atoms in total. The number of amides is 2. The molecule has 0 saturated carbocycles. The van der Waals surface area contributed by atoms with E-state index in [2.05, 4.69) is 4.74 Å². The molecule has 196 valence electrons. The Morgan fingerprint density at radius 1 is 1.16 bits per heavy atom. The molecule has 10 heteroatoms. The van der Waals surface area contributed by atoms with Gasteiger partial charge >= 0.3 is 5.97 Å². The highest BCUT2D eigenvalue weighted by Crippen LogP contribution is 2.35. The number of nitrogens with zero attached hydrogens (tertiary/aromatic N) is 4. The molecule has 0 aliphatic carbocycles. The molecule has 1 saturated heterocycles. The Labute approximate surface area is 219 Å². The number of ether oxygens (including phenoxy) is 1. The molecule has 0 atom stereocenters. The van der Waals surface area contributed by atoms with Gasteiger partial charge in [0.05, 0.1) is 12.1 Å². The Morgan fingerprint density at radius 3 is 2.49 bits per heavy atom. The van der Waals surface area contributed by atoms with Gasteiger partial charge in [-0.3, -0.25) is 14.4 Å². The van der Waals surface area contributed by atoms with Crippen molar-refractivity contribution in [2.24, 2.45) is 0 Å². The molecule has 2 aromatic heterocycles. The van der Waals surface area contributed by atoms with Gasteiger partial charge in [0.15, 0.2) is 0 Å². The minimum Gasteiger partial charge on any atom is -0.468 e. The summed E-state index contributed by atoms with van der Waals surface area (Å²) in [4.78, 5) is 46.1. The summed E-state index contributed by atoms with van der Waals surface area (Å²) < 4.78 is 20.9. The van der Waals surface area contributed by atoms with E-state index in [4.69, 9.17) is 16.6 Å². The number of hydrogen-bond donors (Lipinski definition) is 0. The zero-order valence-electron chi connectivity index (χ0n) is 21.8. The van der Waals surface area contributed by atoms with Crippen molar-refractivity contribution in [2.45, 2.75) is 45.7 Å². The van der Waals surface area contributed by atoms with Gasteiger partial charge in [-0.2, -0.15) is 0 Å². The maximum absolute atomic E-state index is 14.2. The molecule has 0 spiro atoms. The van der Waals surface area contributed by atoms with Crippen LogP contribution in [-0.4, -0.2) is 69.4 Å². The lowest BCUT2D eigenvalue weighted by Gasteiger charge is -2.45. The van der Waals surface area contributed by atoms with Crippen LogP contribution in [0.15, 0.2) is 36.5 Å². The van der Waals surface area contributed by atoms with Crippen LogP contribution >= 0.6 is 11.6 Å². The first-order valence-electron chi connectivity index (χ1n) is 11.9. The molecule has 1 aromatic carbocycles. The highest BCUT2D eigenvalue weighted by molar-refractivity contribution is 6.30. The first-order chi connectivity index (χ1) is 17.3. The van der Waals surface area contributed by atoms with Crippen molar-refractivity contribution in [2.75, 3.05) is 26.7 Å². The van der Waals surface area contributed by atoms with Crippen molar-refractivity contribution in [1.82, 2.24) is 19.4 Å². The number of aromatic nitrogens is 2. The molecule has 1 aliphatic heterocycles. The quantitative estimate of drug-likeness (QED) is 0.466. The fourth-order valence-electron chi connectivity index (χ4n) is 4.60. The van der Waals surface area contributed by atoms with Gasteiger partial charge in [0.25, 0.3) is 5.91 Å². The fourth-order valence-corrected chi connectivity index (χ4v) is 4.71. The summed E-state index contributed by atoms with van der Waals surface area (Å²) in [5, 5.41) is 0.796. The van der Waals surface area contributed by atoms with Gasteiger partial charge in [0, 0.05) is 35.8 Å². The predicted molar refractivity (Wildman–Crippen MR) is 139 cm³/mol. The molecule has 0 unspecified atom stereocenters. The van der Waals surface area contributed by atoms with E-state index in [1.807, 2.05) is 31.5 Å². The number of piperazine rings is 1. The van der Waals surface area contributed by atoms with Crippen molar-refractivity contribution in [1.29, 1.82) is 0 Å². The number of pyridine rings is 1. The van der Waals surface area contributed by atoms with Crippen LogP contribution < -0.4 is 0 Å². The van der Waals surface area contributed by atoms with Crippen molar-refractivity contribution in [3.8, 4) is 11.1 Å². The Balaban J connectivity index is 1.74. The second-order valence-corrected chi connectivity index (χ2v) is 11.0. The average Bonchev–Trinajstić information content (AvgIpc) is 3.23. The van der Waals surface area contributed by atoms with E-state index in [0.29, 0.717) is 11.2 Å². The van der Waals surface area contributed by atoms with Gasteiger partial charge < -0.3 is 19.1 Å². The van der Waals surface area contributed by atoms with Crippen LogP contribution in [0.1, 0.15) is 45.1 Å². The van der Waals surface area contributed by atoms with Crippen LogP contribution in [0.5, 0.6) is 0 Å². The Morgan fingerprint density at radius 2 is 1.86 bits per heavy atom. The first kappa shape index (κ1) is 26.6. The zero-order valence-corrected chi connectivity index (χ0v) is 22.5. The Bertz CT molecular complexity index is 1410. The number of carbonyl (C=O) groups excluding carboxylic acids is 3. The molecule has 1 aliphatic rings. The number of hydrogen-bond acceptors (Lipinski definition) is 5. The lowest BCUT2D eigenvalue weighted by atomic mass is 9.96. The smallest absolute Gasteiger partial charge is 0.325 e. The van der Waals surface area contributed by atoms with Gasteiger partial charge in [0.1, 0.15) is 29.2 Å². The van der Waals surface area contributed by atoms with E-state index >= 15 is 0 Å². The topological polar surface area (TPSA) is 84.7 Å². The predicted octanol–water partition coefficient (Wildman–Crippen LogP) is 4.49. The molecule has 3 aromatic rings. The highest BCUT2D eigenvalue weighted by Gasteiger charge is 2.45. The summed E-state index contributed by atoms with van der Waals surface area (Å²) in [6.07, 6.45) is 1.90. The van der Waals surface area contributed by atoms with Gasteiger partial charge in [-0.05, 0) is 64.4 Å². The molecule has 0 bridgehead atoms. The summed E-state index contributed by atoms with van der Waals surface area (Å²) in [7, 11) is 1.27. The fraction of sp³-hybridized carbons (Fsp3) is 0.407. The summed E-state index contributed by atoms with van der Waals surface area (Å²) >= 11 is 5.88. The molecule has 1 fully saturated rings. The second kappa shape index (κ2) is 9.45. The lowest BCUT2D eigenvalue weighted by molar-refractivity contribution is -0.154. The maximum Gasteiger partial charge on any atom is 0.325 e. The third kappa shape index (κ3) is 4.80. The Kier molecular flexibility index (Phi) is 6.79. The number of fused-ring (bicyclic) bond motifs is 1. The number of esters is 1. The molecule has 4 rings (SSSR count). The number of rotatable bonds is 4. The molecule has 0 N–H and O–H groups in total. The number of halogens is 2. The van der Waals surface area contributed by atoms with Crippen LogP contribution in [0.2, 0.25) is 5.02 Å². The zero-order chi connectivity index (χ0) is 27.3. The molecule has 0 radical (unpaired) electrons. The SMILES string of the molecule is COC(=O)CN1CCN(C(=O)c2ccc3c(-c4ccc(Cl)c(F)c4)cn(C(C)(C)C)c3n2)C(C)(C)C1=O. The average molecular weight is 529 g/mol. The molecule has 3 heterocycles. The van der Waals surface area contributed by atoms with Crippen molar-refractivity contribution in [3.05, 3.63) is 53.1 Å². The van der Waals surface area contributed by atoms with Crippen molar-refractivity contribution >= 4 is 40.4 Å².